The van der Waals surface area contributed by atoms with Gasteiger partial charge in [0.2, 0.25) is 5.91 Å². The Kier molecular flexibility index (Phi) is 5.65. The molecule has 1 aromatic rings. The highest BCUT2D eigenvalue weighted by molar-refractivity contribution is 8.00. The molecule has 104 valence electrons. The van der Waals surface area contributed by atoms with Crippen molar-refractivity contribution in [3.63, 3.8) is 0 Å². The molecule has 19 heavy (non-hydrogen) atoms. The molecule has 7 heteroatoms. The lowest BCUT2D eigenvalue weighted by Crippen LogP contribution is -2.30. The van der Waals surface area contributed by atoms with Crippen LogP contribution in [0.2, 0.25) is 0 Å². The molecule has 0 saturated carbocycles. The van der Waals surface area contributed by atoms with Gasteiger partial charge in [0.05, 0.1) is 10.9 Å². The van der Waals surface area contributed by atoms with E-state index in [0.29, 0.717) is 24.3 Å². The van der Waals surface area contributed by atoms with Gasteiger partial charge in [-0.3, -0.25) is 9.59 Å². The molecule has 0 radical (unpaired) electrons. The fourth-order valence-corrected chi connectivity index (χ4v) is 2.57. The predicted molar refractivity (Wildman–Crippen MR) is 79.0 cm³/mol. The lowest BCUT2D eigenvalue weighted by Gasteiger charge is -2.21. The van der Waals surface area contributed by atoms with E-state index in [9.17, 15) is 9.59 Å². The molecular formula is C12H16ClN3O2S. The third kappa shape index (κ3) is 3.62. The fraction of sp³-hybridized carbons (Fsp3) is 0.333. The van der Waals surface area contributed by atoms with E-state index in [4.69, 9.17) is 5.73 Å². The van der Waals surface area contributed by atoms with Gasteiger partial charge in [0.25, 0.3) is 5.91 Å². The summed E-state index contributed by atoms with van der Waals surface area (Å²) in [6.07, 6.45) is 0. The molecule has 0 saturated heterocycles. The number of carbonyl (C=O) groups excluding carboxylic acids is 2. The summed E-state index contributed by atoms with van der Waals surface area (Å²) in [4.78, 5) is 24.3. The standard InChI is InChI=1S/C12H15N3O2S.ClH/c1-7-11(16)15-9-6-8(2-3-10(9)18-7)12(17)14-5-4-13;/h2-3,6-7H,4-5,13H2,1H3,(H,14,17)(H,15,16);1H. The van der Waals surface area contributed by atoms with Gasteiger partial charge < -0.3 is 16.4 Å². The van der Waals surface area contributed by atoms with Crippen LogP contribution < -0.4 is 16.4 Å². The number of hydrogen-bond acceptors (Lipinski definition) is 4. The van der Waals surface area contributed by atoms with Gasteiger partial charge in [0.1, 0.15) is 0 Å². The van der Waals surface area contributed by atoms with E-state index in [-0.39, 0.29) is 29.5 Å². The zero-order chi connectivity index (χ0) is 13.1. The molecule has 2 amide bonds. The molecule has 0 fully saturated rings. The van der Waals surface area contributed by atoms with Gasteiger partial charge in [0, 0.05) is 23.5 Å². The lowest BCUT2D eigenvalue weighted by molar-refractivity contribution is -0.115. The molecule has 0 bridgehead atoms. The first-order valence-corrected chi connectivity index (χ1v) is 6.59. The lowest BCUT2D eigenvalue weighted by atomic mass is 10.1. The molecule has 1 heterocycles. The topological polar surface area (TPSA) is 84.2 Å². The van der Waals surface area contributed by atoms with Crippen LogP contribution in [0, 0.1) is 0 Å². The van der Waals surface area contributed by atoms with E-state index in [1.54, 1.807) is 12.1 Å². The van der Waals surface area contributed by atoms with Crippen molar-refractivity contribution in [2.24, 2.45) is 5.73 Å². The van der Waals surface area contributed by atoms with Crippen molar-refractivity contribution in [3.8, 4) is 0 Å². The second-order valence-electron chi connectivity index (χ2n) is 4.00. The highest BCUT2D eigenvalue weighted by Gasteiger charge is 2.23. The van der Waals surface area contributed by atoms with E-state index in [1.165, 1.54) is 11.8 Å². The van der Waals surface area contributed by atoms with E-state index < -0.39 is 0 Å². The maximum atomic E-state index is 11.7. The normalized spacial score (nSPS) is 16.9. The summed E-state index contributed by atoms with van der Waals surface area (Å²) in [5.41, 5.74) is 6.55. The summed E-state index contributed by atoms with van der Waals surface area (Å²) in [5.74, 6) is -0.215. The van der Waals surface area contributed by atoms with Crippen molar-refractivity contribution >= 4 is 41.7 Å². The fourth-order valence-electron chi connectivity index (χ4n) is 1.64. The van der Waals surface area contributed by atoms with Crippen LogP contribution in [-0.2, 0) is 4.79 Å². The van der Waals surface area contributed by atoms with Crippen molar-refractivity contribution in [1.29, 1.82) is 0 Å². The van der Waals surface area contributed by atoms with Gasteiger partial charge in [-0.2, -0.15) is 0 Å². The maximum absolute atomic E-state index is 11.7. The minimum Gasteiger partial charge on any atom is -0.351 e. The van der Waals surface area contributed by atoms with Gasteiger partial charge in [0.15, 0.2) is 0 Å². The zero-order valence-corrected chi connectivity index (χ0v) is 12.1. The molecule has 4 N–H and O–H groups in total. The number of benzene rings is 1. The second-order valence-corrected chi connectivity index (χ2v) is 5.39. The first-order valence-electron chi connectivity index (χ1n) is 5.71. The van der Waals surface area contributed by atoms with Crippen LogP contribution in [0.4, 0.5) is 5.69 Å². The third-order valence-electron chi connectivity index (χ3n) is 2.60. The molecule has 0 aromatic heterocycles. The average molecular weight is 302 g/mol. The summed E-state index contributed by atoms with van der Waals surface area (Å²) in [5, 5.41) is 5.39. The van der Waals surface area contributed by atoms with E-state index >= 15 is 0 Å². The smallest absolute Gasteiger partial charge is 0.251 e. The van der Waals surface area contributed by atoms with Crippen LogP contribution in [0.3, 0.4) is 0 Å². The van der Waals surface area contributed by atoms with Gasteiger partial charge in [-0.15, -0.1) is 24.2 Å². The van der Waals surface area contributed by atoms with Crippen LogP contribution in [0.1, 0.15) is 17.3 Å². The largest absolute Gasteiger partial charge is 0.351 e. The summed E-state index contributed by atoms with van der Waals surface area (Å²) in [6.45, 7) is 2.69. The van der Waals surface area contributed by atoms with Crippen molar-refractivity contribution < 1.29 is 9.59 Å². The Labute approximate surface area is 122 Å². The summed E-state index contributed by atoms with van der Waals surface area (Å²) in [7, 11) is 0. The maximum Gasteiger partial charge on any atom is 0.251 e. The molecule has 0 aliphatic carbocycles. The quantitative estimate of drug-likeness (QED) is 0.784. The molecular weight excluding hydrogens is 286 g/mol. The molecule has 0 spiro atoms. The molecule has 1 unspecified atom stereocenters. The molecule has 1 aromatic carbocycles. The van der Waals surface area contributed by atoms with Crippen LogP contribution >= 0.6 is 24.2 Å². The van der Waals surface area contributed by atoms with Gasteiger partial charge in [-0.05, 0) is 25.1 Å². The molecule has 1 aliphatic rings. The number of fused-ring (bicyclic) bond motifs is 1. The number of nitrogens with two attached hydrogens (primary N) is 1. The molecule has 5 nitrogen and oxygen atoms in total. The number of rotatable bonds is 3. The Balaban J connectivity index is 0.00000180. The van der Waals surface area contributed by atoms with Crippen LogP contribution in [0.5, 0.6) is 0 Å². The number of anilines is 1. The highest BCUT2D eigenvalue weighted by atomic mass is 35.5. The second kappa shape index (κ2) is 6.79. The number of nitrogens with one attached hydrogen (secondary N) is 2. The number of hydrogen-bond donors (Lipinski definition) is 3. The Bertz CT molecular complexity index is 496. The predicted octanol–water partition coefficient (Wildman–Crippen LogP) is 1.23. The Morgan fingerprint density at radius 1 is 1.53 bits per heavy atom. The van der Waals surface area contributed by atoms with E-state index in [1.807, 2.05) is 13.0 Å². The van der Waals surface area contributed by atoms with Gasteiger partial charge in [-0.1, -0.05) is 0 Å². The van der Waals surface area contributed by atoms with Crippen molar-refractivity contribution in [2.75, 3.05) is 18.4 Å². The van der Waals surface area contributed by atoms with Crippen LogP contribution in [0.15, 0.2) is 23.1 Å². The zero-order valence-electron chi connectivity index (χ0n) is 10.4. The number of halogens is 1. The monoisotopic (exact) mass is 301 g/mol. The van der Waals surface area contributed by atoms with Gasteiger partial charge in [-0.25, -0.2) is 0 Å². The summed E-state index contributed by atoms with van der Waals surface area (Å²) in [6, 6.07) is 5.30. The van der Waals surface area contributed by atoms with Crippen molar-refractivity contribution in [1.82, 2.24) is 5.32 Å². The Hall–Kier alpha value is -1.24. The third-order valence-corrected chi connectivity index (χ3v) is 3.78. The van der Waals surface area contributed by atoms with Crippen molar-refractivity contribution in [3.05, 3.63) is 23.8 Å². The first kappa shape index (κ1) is 15.8. The van der Waals surface area contributed by atoms with E-state index in [0.717, 1.165) is 4.90 Å². The average Bonchev–Trinajstić information content (AvgIpc) is 2.36. The van der Waals surface area contributed by atoms with Crippen LogP contribution in [0.25, 0.3) is 0 Å². The number of amides is 2. The summed E-state index contributed by atoms with van der Waals surface area (Å²) < 4.78 is 0. The Morgan fingerprint density at radius 2 is 2.26 bits per heavy atom. The van der Waals surface area contributed by atoms with Gasteiger partial charge >= 0.3 is 0 Å². The first-order chi connectivity index (χ1) is 8.61. The van der Waals surface area contributed by atoms with Crippen LogP contribution in [-0.4, -0.2) is 30.2 Å². The molecule has 1 atom stereocenters. The minimum absolute atomic E-state index is 0. The Morgan fingerprint density at radius 3 is 2.95 bits per heavy atom. The highest BCUT2D eigenvalue weighted by Crippen LogP contribution is 2.35. The molecule has 2 rings (SSSR count). The molecule has 1 aliphatic heterocycles. The van der Waals surface area contributed by atoms with E-state index in [2.05, 4.69) is 10.6 Å². The number of carbonyl (C=O) groups is 2. The number of thioether (sulfide) groups is 1. The minimum atomic E-state index is -0.180. The SMILES string of the molecule is CC1Sc2ccc(C(=O)NCCN)cc2NC1=O.Cl. The van der Waals surface area contributed by atoms with Crippen molar-refractivity contribution in [2.45, 2.75) is 17.1 Å². The summed E-state index contributed by atoms with van der Waals surface area (Å²) >= 11 is 1.49.